The highest BCUT2D eigenvalue weighted by Gasteiger charge is 2.15. The summed E-state index contributed by atoms with van der Waals surface area (Å²) < 4.78 is 11.0. The van der Waals surface area contributed by atoms with Crippen molar-refractivity contribution < 1.29 is 14.3 Å². The lowest BCUT2D eigenvalue weighted by Crippen LogP contribution is -2.29. The van der Waals surface area contributed by atoms with Crippen molar-refractivity contribution in [2.75, 3.05) is 26.4 Å². The molecule has 1 atom stereocenters. The second-order valence-electron chi connectivity index (χ2n) is 5.74. The number of ether oxygens (including phenoxy) is 2. The number of carbonyl (C=O) groups is 1. The van der Waals surface area contributed by atoms with Gasteiger partial charge in [-0.2, -0.15) is 0 Å². The Labute approximate surface area is 126 Å². The molecule has 1 aromatic rings. The van der Waals surface area contributed by atoms with Crippen molar-refractivity contribution in [2.45, 2.75) is 39.7 Å². The van der Waals surface area contributed by atoms with Crippen LogP contribution in [0, 0.1) is 20.8 Å². The van der Waals surface area contributed by atoms with Crippen LogP contribution in [0.3, 0.4) is 0 Å². The molecule has 1 amide bonds. The van der Waals surface area contributed by atoms with Crippen LogP contribution in [0.2, 0.25) is 0 Å². The van der Waals surface area contributed by atoms with E-state index in [9.17, 15) is 4.79 Å². The fourth-order valence-corrected chi connectivity index (χ4v) is 2.85. The molecule has 0 aliphatic carbocycles. The van der Waals surface area contributed by atoms with Crippen LogP contribution in [0.15, 0.2) is 12.1 Å². The molecule has 0 bridgehead atoms. The smallest absolute Gasteiger partial charge is 0.251 e. The van der Waals surface area contributed by atoms with Crippen LogP contribution >= 0.6 is 0 Å². The van der Waals surface area contributed by atoms with Crippen LogP contribution in [0.1, 0.15) is 39.9 Å². The van der Waals surface area contributed by atoms with E-state index in [1.54, 1.807) is 0 Å². The number of amides is 1. The molecule has 0 radical (unpaired) electrons. The zero-order valence-electron chi connectivity index (χ0n) is 13.2. The minimum absolute atomic E-state index is 0.0225. The Balaban J connectivity index is 1.74. The molecule has 4 nitrogen and oxygen atoms in total. The van der Waals surface area contributed by atoms with Gasteiger partial charge in [-0.15, -0.1) is 0 Å². The minimum Gasteiger partial charge on any atom is -0.377 e. The molecule has 1 aliphatic rings. The van der Waals surface area contributed by atoms with E-state index >= 15 is 0 Å². The SMILES string of the molecule is Cc1cc(C)c(C(=O)NCCOC[C@@H]2CCCO2)c(C)c1. The molecule has 4 heteroatoms. The van der Waals surface area contributed by atoms with Gasteiger partial charge in [-0.05, 0) is 44.7 Å². The summed E-state index contributed by atoms with van der Waals surface area (Å²) in [6.45, 7) is 8.51. The topological polar surface area (TPSA) is 47.6 Å². The van der Waals surface area contributed by atoms with Gasteiger partial charge in [-0.3, -0.25) is 4.79 Å². The summed E-state index contributed by atoms with van der Waals surface area (Å²) in [6, 6.07) is 4.08. The van der Waals surface area contributed by atoms with Crippen LogP contribution in [0.4, 0.5) is 0 Å². The Bertz CT molecular complexity index is 470. The molecular formula is C17H25NO3. The fraction of sp³-hybridized carbons (Fsp3) is 0.588. The standard InChI is InChI=1S/C17H25NO3/c1-12-9-13(2)16(14(3)10-12)17(19)18-6-8-20-11-15-5-4-7-21-15/h9-10,15H,4-8,11H2,1-3H3,(H,18,19)/t15-/m0/s1. The van der Waals surface area contributed by atoms with Crippen molar-refractivity contribution in [3.63, 3.8) is 0 Å². The van der Waals surface area contributed by atoms with Gasteiger partial charge in [-0.25, -0.2) is 0 Å². The summed E-state index contributed by atoms with van der Waals surface area (Å²) >= 11 is 0. The summed E-state index contributed by atoms with van der Waals surface area (Å²) in [7, 11) is 0. The molecule has 2 rings (SSSR count). The van der Waals surface area contributed by atoms with E-state index in [2.05, 4.69) is 5.32 Å². The Morgan fingerprint density at radius 2 is 2.05 bits per heavy atom. The summed E-state index contributed by atoms with van der Waals surface area (Å²) in [5.74, 6) is -0.0225. The lowest BCUT2D eigenvalue weighted by atomic mass is 9.99. The molecule has 21 heavy (non-hydrogen) atoms. The number of aryl methyl sites for hydroxylation is 3. The lowest BCUT2D eigenvalue weighted by Gasteiger charge is -2.13. The number of nitrogens with one attached hydrogen (secondary N) is 1. The Kier molecular flexibility index (Phi) is 5.76. The van der Waals surface area contributed by atoms with Crippen molar-refractivity contribution in [3.05, 3.63) is 34.4 Å². The maximum absolute atomic E-state index is 12.2. The first-order valence-electron chi connectivity index (χ1n) is 7.63. The number of carbonyl (C=O) groups excluding carboxylic acids is 1. The zero-order chi connectivity index (χ0) is 15.2. The average molecular weight is 291 g/mol. The fourth-order valence-electron chi connectivity index (χ4n) is 2.85. The van der Waals surface area contributed by atoms with Gasteiger partial charge in [-0.1, -0.05) is 17.7 Å². The maximum Gasteiger partial charge on any atom is 0.251 e. The second kappa shape index (κ2) is 7.57. The van der Waals surface area contributed by atoms with E-state index in [1.807, 2.05) is 32.9 Å². The molecular weight excluding hydrogens is 266 g/mol. The average Bonchev–Trinajstić information content (AvgIpc) is 2.90. The molecule has 1 aromatic carbocycles. The van der Waals surface area contributed by atoms with Crippen LogP contribution in [-0.2, 0) is 9.47 Å². The van der Waals surface area contributed by atoms with E-state index in [1.165, 1.54) is 5.56 Å². The van der Waals surface area contributed by atoms with E-state index in [0.29, 0.717) is 19.8 Å². The number of rotatable bonds is 6. The third kappa shape index (κ3) is 4.55. The third-order valence-electron chi connectivity index (χ3n) is 3.76. The highest BCUT2D eigenvalue weighted by atomic mass is 16.5. The number of hydrogen-bond acceptors (Lipinski definition) is 3. The monoisotopic (exact) mass is 291 g/mol. The van der Waals surface area contributed by atoms with Gasteiger partial charge in [0.25, 0.3) is 5.91 Å². The largest absolute Gasteiger partial charge is 0.377 e. The van der Waals surface area contributed by atoms with Crippen molar-refractivity contribution in [3.8, 4) is 0 Å². The van der Waals surface area contributed by atoms with E-state index in [-0.39, 0.29) is 12.0 Å². The molecule has 0 spiro atoms. The maximum atomic E-state index is 12.2. The highest BCUT2D eigenvalue weighted by molar-refractivity contribution is 5.97. The Hall–Kier alpha value is -1.39. The molecule has 116 valence electrons. The van der Waals surface area contributed by atoms with Crippen LogP contribution in [0.5, 0.6) is 0 Å². The van der Waals surface area contributed by atoms with Crippen molar-refractivity contribution in [2.24, 2.45) is 0 Å². The van der Waals surface area contributed by atoms with Gasteiger partial charge in [0.15, 0.2) is 0 Å². The van der Waals surface area contributed by atoms with Crippen LogP contribution < -0.4 is 5.32 Å². The first-order chi connectivity index (χ1) is 10.1. The van der Waals surface area contributed by atoms with Crippen molar-refractivity contribution >= 4 is 5.91 Å². The van der Waals surface area contributed by atoms with Gasteiger partial charge in [0, 0.05) is 18.7 Å². The third-order valence-corrected chi connectivity index (χ3v) is 3.76. The number of hydrogen-bond donors (Lipinski definition) is 1. The zero-order valence-corrected chi connectivity index (χ0v) is 13.2. The predicted octanol–water partition coefficient (Wildman–Crippen LogP) is 2.54. The summed E-state index contributed by atoms with van der Waals surface area (Å²) in [5.41, 5.74) is 4.00. The van der Waals surface area contributed by atoms with Gasteiger partial charge in [0.1, 0.15) is 0 Å². The van der Waals surface area contributed by atoms with Gasteiger partial charge in [0.05, 0.1) is 19.3 Å². The molecule has 1 heterocycles. The summed E-state index contributed by atoms with van der Waals surface area (Å²) in [6.07, 6.45) is 2.44. The van der Waals surface area contributed by atoms with Gasteiger partial charge >= 0.3 is 0 Å². The minimum atomic E-state index is -0.0225. The Morgan fingerprint density at radius 1 is 1.33 bits per heavy atom. The first-order valence-corrected chi connectivity index (χ1v) is 7.63. The Morgan fingerprint density at radius 3 is 2.67 bits per heavy atom. The van der Waals surface area contributed by atoms with Gasteiger partial charge < -0.3 is 14.8 Å². The number of benzene rings is 1. The highest BCUT2D eigenvalue weighted by Crippen LogP contribution is 2.16. The first kappa shape index (κ1) is 16.0. The summed E-state index contributed by atoms with van der Waals surface area (Å²) in [4.78, 5) is 12.2. The molecule has 0 saturated carbocycles. The van der Waals surface area contributed by atoms with Crippen LogP contribution in [-0.4, -0.2) is 38.4 Å². The van der Waals surface area contributed by atoms with Crippen LogP contribution in [0.25, 0.3) is 0 Å². The normalized spacial score (nSPS) is 18.0. The quantitative estimate of drug-likeness (QED) is 0.819. The molecule has 0 unspecified atom stereocenters. The molecule has 1 N–H and O–H groups in total. The van der Waals surface area contributed by atoms with E-state index < -0.39 is 0 Å². The lowest BCUT2D eigenvalue weighted by molar-refractivity contribution is 0.0183. The van der Waals surface area contributed by atoms with Crippen molar-refractivity contribution in [1.29, 1.82) is 0 Å². The molecule has 1 aliphatic heterocycles. The molecule has 0 aromatic heterocycles. The second-order valence-corrected chi connectivity index (χ2v) is 5.74. The predicted molar refractivity (Wildman–Crippen MR) is 82.8 cm³/mol. The molecule has 1 saturated heterocycles. The molecule has 1 fully saturated rings. The van der Waals surface area contributed by atoms with Gasteiger partial charge in [0.2, 0.25) is 0 Å². The van der Waals surface area contributed by atoms with Crippen molar-refractivity contribution in [1.82, 2.24) is 5.32 Å². The van der Waals surface area contributed by atoms with E-state index in [4.69, 9.17) is 9.47 Å². The summed E-state index contributed by atoms with van der Waals surface area (Å²) in [5, 5.41) is 2.92. The van der Waals surface area contributed by atoms with E-state index in [0.717, 1.165) is 36.1 Å².